The summed E-state index contributed by atoms with van der Waals surface area (Å²) in [5.41, 5.74) is 3.79. The molecule has 3 rings (SSSR count). The lowest BCUT2D eigenvalue weighted by Gasteiger charge is -2.21. The Labute approximate surface area is 158 Å². The second-order valence-corrected chi connectivity index (χ2v) is 5.99. The Morgan fingerprint density at radius 1 is 1.22 bits per heavy atom. The number of ether oxygens (including phenoxy) is 1. The summed E-state index contributed by atoms with van der Waals surface area (Å²) < 4.78 is 6.76. The SMILES string of the molecule is CCOC(=O)c1cnn(C)c1N(C)c1ccc(-c2ccccc2C#N)cc1. The van der Waals surface area contributed by atoms with E-state index >= 15 is 0 Å². The van der Waals surface area contributed by atoms with Crippen LogP contribution in [-0.2, 0) is 11.8 Å². The van der Waals surface area contributed by atoms with Crippen LogP contribution in [0.5, 0.6) is 0 Å². The molecule has 0 amide bonds. The van der Waals surface area contributed by atoms with Gasteiger partial charge < -0.3 is 9.64 Å². The third-order valence-corrected chi connectivity index (χ3v) is 4.33. The van der Waals surface area contributed by atoms with Crippen molar-refractivity contribution >= 4 is 17.5 Å². The van der Waals surface area contributed by atoms with Gasteiger partial charge in [0.25, 0.3) is 0 Å². The molecule has 0 bridgehead atoms. The van der Waals surface area contributed by atoms with Crippen LogP contribution in [0.3, 0.4) is 0 Å². The molecule has 0 saturated carbocycles. The highest BCUT2D eigenvalue weighted by Crippen LogP contribution is 2.30. The number of nitriles is 1. The fourth-order valence-corrected chi connectivity index (χ4v) is 3.00. The first-order valence-electron chi connectivity index (χ1n) is 8.59. The van der Waals surface area contributed by atoms with E-state index < -0.39 is 5.97 Å². The van der Waals surface area contributed by atoms with Crippen LogP contribution in [-0.4, -0.2) is 29.4 Å². The number of carbonyl (C=O) groups excluding carboxylic acids is 1. The molecular weight excluding hydrogens is 340 g/mol. The zero-order valence-electron chi connectivity index (χ0n) is 15.5. The van der Waals surface area contributed by atoms with Gasteiger partial charge in [-0.3, -0.25) is 4.68 Å². The van der Waals surface area contributed by atoms with E-state index in [9.17, 15) is 10.1 Å². The molecule has 0 saturated heterocycles. The van der Waals surface area contributed by atoms with Gasteiger partial charge in [-0.1, -0.05) is 30.3 Å². The Hall–Kier alpha value is -3.59. The molecule has 1 heterocycles. The minimum atomic E-state index is -0.396. The second kappa shape index (κ2) is 7.75. The number of hydrogen-bond acceptors (Lipinski definition) is 5. The van der Waals surface area contributed by atoms with Gasteiger partial charge in [0.15, 0.2) is 0 Å². The molecule has 136 valence electrons. The maximum atomic E-state index is 12.2. The van der Waals surface area contributed by atoms with Crippen molar-refractivity contribution in [1.82, 2.24) is 9.78 Å². The summed E-state index contributed by atoms with van der Waals surface area (Å²) in [7, 11) is 3.66. The molecule has 0 N–H and O–H groups in total. The predicted octanol–water partition coefficient (Wildman–Crippen LogP) is 3.90. The number of benzene rings is 2. The molecule has 6 heteroatoms. The number of hydrogen-bond donors (Lipinski definition) is 0. The van der Waals surface area contributed by atoms with Gasteiger partial charge in [0, 0.05) is 19.8 Å². The molecule has 0 aliphatic carbocycles. The van der Waals surface area contributed by atoms with Crippen LogP contribution in [0, 0.1) is 11.3 Å². The van der Waals surface area contributed by atoms with Gasteiger partial charge in [-0.15, -0.1) is 0 Å². The number of nitrogens with zero attached hydrogens (tertiary/aromatic N) is 4. The van der Waals surface area contributed by atoms with Crippen molar-refractivity contribution in [3.63, 3.8) is 0 Å². The van der Waals surface area contributed by atoms with E-state index in [4.69, 9.17) is 4.74 Å². The summed E-state index contributed by atoms with van der Waals surface area (Å²) in [6.07, 6.45) is 1.52. The van der Waals surface area contributed by atoms with Crippen molar-refractivity contribution < 1.29 is 9.53 Å². The monoisotopic (exact) mass is 360 g/mol. The van der Waals surface area contributed by atoms with E-state index in [-0.39, 0.29) is 0 Å². The highest BCUT2D eigenvalue weighted by Gasteiger charge is 2.21. The van der Waals surface area contributed by atoms with E-state index in [0.29, 0.717) is 23.6 Å². The lowest BCUT2D eigenvalue weighted by Crippen LogP contribution is -2.17. The maximum Gasteiger partial charge on any atom is 0.343 e. The fraction of sp³-hybridized carbons (Fsp3) is 0.190. The van der Waals surface area contributed by atoms with Crippen molar-refractivity contribution in [2.24, 2.45) is 7.05 Å². The maximum absolute atomic E-state index is 12.2. The lowest BCUT2D eigenvalue weighted by molar-refractivity contribution is 0.0527. The number of rotatable bonds is 5. The summed E-state index contributed by atoms with van der Waals surface area (Å²) >= 11 is 0. The lowest BCUT2D eigenvalue weighted by atomic mass is 10.0. The smallest absolute Gasteiger partial charge is 0.343 e. The molecule has 0 radical (unpaired) electrons. The average Bonchev–Trinajstić information content (AvgIpc) is 3.09. The van der Waals surface area contributed by atoms with Crippen LogP contribution in [0.4, 0.5) is 11.5 Å². The van der Waals surface area contributed by atoms with Gasteiger partial charge in [0.05, 0.1) is 24.4 Å². The molecule has 2 aromatic carbocycles. The number of anilines is 2. The van der Waals surface area contributed by atoms with Crippen LogP contribution in [0.25, 0.3) is 11.1 Å². The molecule has 0 atom stereocenters. The number of aromatic nitrogens is 2. The molecule has 0 spiro atoms. The normalized spacial score (nSPS) is 10.3. The molecule has 27 heavy (non-hydrogen) atoms. The first-order chi connectivity index (χ1) is 13.1. The number of aryl methyl sites for hydroxylation is 1. The summed E-state index contributed by atoms with van der Waals surface area (Å²) in [4.78, 5) is 14.1. The van der Waals surface area contributed by atoms with Crippen molar-refractivity contribution in [2.75, 3.05) is 18.6 Å². The summed E-state index contributed by atoms with van der Waals surface area (Å²) in [6.45, 7) is 2.08. The van der Waals surface area contributed by atoms with Crippen molar-refractivity contribution in [3.05, 3.63) is 65.9 Å². The number of esters is 1. The fourth-order valence-electron chi connectivity index (χ4n) is 3.00. The van der Waals surface area contributed by atoms with E-state index in [1.807, 2.05) is 54.4 Å². The molecule has 0 aliphatic heterocycles. The Balaban J connectivity index is 1.94. The first-order valence-corrected chi connectivity index (χ1v) is 8.59. The van der Waals surface area contributed by atoms with Gasteiger partial charge in [0.2, 0.25) is 0 Å². The van der Waals surface area contributed by atoms with Gasteiger partial charge in [-0.2, -0.15) is 10.4 Å². The Morgan fingerprint density at radius 3 is 2.59 bits per heavy atom. The number of carbonyl (C=O) groups is 1. The molecule has 0 aliphatic rings. The molecule has 3 aromatic rings. The van der Waals surface area contributed by atoms with Crippen LogP contribution >= 0.6 is 0 Å². The van der Waals surface area contributed by atoms with Crippen LogP contribution in [0.2, 0.25) is 0 Å². The summed E-state index contributed by atoms with van der Waals surface area (Å²) in [6, 6.07) is 17.5. The standard InChI is InChI=1S/C21H20N4O2/c1-4-27-21(26)19-14-23-25(3)20(19)24(2)17-11-9-15(10-12-17)18-8-6-5-7-16(18)13-22/h5-12,14H,4H2,1-3H3. The quantitative estimate of drug-likeness (QED) is 0.645. The average molecular weight is 360 g/mol. The van der Waals surface area contributed by atoms with Gasteiger partial charge in [-0.05, 0) is 36.2 Å². The molecule has 0 unspecified atom stereocenters. The Kier molecular flexibility index (Phi) is 5.23. The van der Waals surface area contributed by atoms with E-state index in [1.54, 1.807) is 24.7 Å². The minimum absolute atomic E-state index is 0.309. The van der Waals surface area contributed by atoms with Gasteiger partial charge in [0.1, 0.15) is 11.4 Å². The second-order valence-electron chi connectivity index (χ2n) is 5.99. The van der Waals surface area contributed by atoms with Crippen LogP contribution in [0.15, 0.2) is 54.7 Å². The minimum Gasteiger partial charge on any atom is -0.462 e. The first kappa shape index (κ1) is 18.2. The third kappa shape index (κ3) is 3.53. The zero-order valence-corrected chi connectivity index (χ0v) is 15.5. The van der Waals surface area contributed by atoms with Crippen molar-refractivity contribution in [1.29, 1.82) is 5.26 Å². The highest BCUT2D eigenvalue weighted by molar-refractivity contribution is 5.95. The molecule has 0 fully saturated rings. The van der Waals surface area contributed by atoms with E-state index in [1.165, 1.54) is 6.20 Å². The Bertz CT molecular complexity index is 1000. The Morgan fingerprint density at radius 2 is 1.93 bits per heavy atom. The van der Waals surface area contributed by atoms with Crippen LogP contribution in [0.1, 0.15) is 22.8 Å². The zero-order chi connectivity index (χ0) is 19.4. The van der Waals surface area contributed by atoms with E-state index in [0.717, 1.165) is 16.8 Å². The van der Waals surface area contributed by atoms with Crippen molar-refractivity contribution in [2.45, 2.75) is 6.92 Å². The molecule has 1 aromatic heterocycles. The third-order valence-electron chi connectivity index (χ3n) is 4.33. The highest BCUT2D eigenvalue weighted by atomic mass is 16.5. The predicted molar refractivity (Wildman–Crippen MR) is 104 cm³/mol. The molecule has 6 nitrogen and oxygen atoms in total. The van der Waals surface area contributed by atoms with Gasteiger partial charge >= 0.3 is 5.97 Å². The molecular formula is C21H20N4O2. The largest absolute Gasteiger partial charge is 0.462 e. The summed E-state index contributed by atoms with van der Waals surface area (Å²) in [5.74, 6) is 0.255. The topological polar surface area (TPSA) is 71.2 Å². The van der Waals surface area contributed by atoms with Gasteiger partial charge in [-0.25, -0.2) is 4.79 Å². The van der Waals surface area contributed by atoms with E-state index in [2.05, 4.69) is 11.2 Å². The van der Waals surface area contributed by atoms with Crippen LogP contribution < -0.4 is 4.90 Å². The van der Waals surface area contributed by atoms with Crippen molar-refractivity contribution in [3.8, 4) is 17.2 Å². The summed E-state index contributed by atoms with van der Waals surface area (Å²) in [5, 5.41) is 13.5.